The van der Waals surface area contributed by atoms with Crippen molar-refractivity contribution in [3.8, 4) is 0 Å². The van der Waals surface area contributed by atoms with Gasteiger partial charge in [0.2, 0.25) is 0 Å². The van der Waals surface area contributed by atoms with Crippen LogP contribution < -0.4 is 0 Å². The quantitative estimate of drug-likeness (QED) is 0.513. The summed E-state index contributed by atoms with van der Waals surface area (Å²) in [7, 11) is 0. The molecular weight excluding hydrogens is 423 g/mol. The standard InChI is InChI=1S/C26H29FN2O4/c1-18(30)33-24-13-16-29(26(32)21-5-3-2-4-6-21)17-23(24)28-14-11-20(12-15-28)25(31)19-7-9-22(27)10-8-19/h2-10,20,23-24H,11-17H2,1H3. The highest BCUT2D eigenvalue weighted by Crippen LogP contribution is 2.28. The minimum atomic E-state index is -0.357. The molecule has 2 fully saturated rings. The highest BCUT2D eigenvalue weighted by atomic mass is 19.1. The molecule has 0 aromatic heterocycles. The van der Waals surface area contributed by atoms with Gasteiger partial charge in [0.25, 0.3) is 5.91 Å². The van der Waals surface area contributed by atoms with Crippen molar-refractivity contribution in [1.29, 1.82) is 0 Å². The molecule has 6 nitrogen and oxygen atoms in total. The lowest BCUT2D eigenvalue weighted by Crippen LogP contribution is -2.59. The Hall–Kier alpha value is -3.06. The monoisotopic (exact) mass is 452 g/mol. The number of carbonyl (C=O) groups excluding carboxylic acids is 3. The minimum absolute atomic E-state index is 0.0248. The van der Waals surface area contributed by atoms with Gasteiger partial charge in [-0.25, -0.2) is 4.39 Å². The third-order valence-electron chi connectivity index (χ3n) is 6.64. The molecule has 2 heterocycles. The second-order valence-corrected chi connectivity index (χ2v) is 8.80. The van der Waals surface area contributed by atoms with Crippen molar-refractivity contribution in [1.82, 2.24) is 9.80 Å². The summed E-state index contributed by atoms with van der Waals surface area (Å²) < 4.78 is 18.8. The summed E-state index contributed by atoms with van der Waals surface area (Å²) in [5.74, 6) is -0.789. The number of halogens is 1. The summed E-state index contributed by atoms with van der Waals surface area (Å²) in [4.78, 5) is 41.6. The van der Waals surface area contributed by atoms with Gasteiger partial charge in [-0.3, -0.25) is 19.3 Å². The first-order valence-corrected chi connectivity index (χ1v) is 11.5. The molecule has 33 heavy (non-hydrogen) atoms. The summed E-state index contributed by atoms with van der Waals surface area (Å²) in [5.41, 5.74) is 1.18. The minimum Gasteiger partial charge on any atom is -0.461 e. The van der Waals surface area contributed by atoms with Crippen LogP contribution in [0.4, 0.5) is 4.39 Å². The topological polar surface area (TPSA) is 66.9 Å². The van der Waals surface area contributed by atoms with E-state index in [1.54, 1.807) is 0 Å². The number of ether oxygens (including phenoxy) is 1. The molecule has 2 unspecified atom stereocenters. The van der Waals surface area contributed by atoms with E-state index in [0.29, 0.717) is 56.6 Å². The zero-order valence-corrected chi connectivity index (χ0v) is 18.8. The summed E-state index contributed by atoms with van der Waals surface area (Å²) in [5, 5.41) is 0. The molecule has 0 saturated carbocycles. The zero-order chi connectivity index (χ0) is 23.4. The Balaban J connectivity index is 1.43. The van der Waals surface area contributed by atoms with Crippen molar-refractivity contribution < 1.29 is 23.5 Å². The number of ketones is 1. The molecule has 0 aliphatic carbocycles. The van der Waals surface area contributed by atoms with Gasteiger partial charge in [0.1, 0.15) is 11.9 Å². The number of hydrogen-bond donors (Lipinski definition) is 0. The van der Waals surface area contributed by atoms with Crippen LogP contribution in [0.1, 0.15) is 46.9 Å². The molecular formula is C26H29FN2O4. The maximum Gasteiger partial charge on any atom is 0.302 e. The van der Waals surface area contributed by atoms with Gasteiger partial charge in [0.15, 0.2) is 5.78 Å². The molecule has 2 saturated heterocycles. The van der Waals surface area contributed by atoms with Gasteiger partial charge in [-0.15, -0.1) is 0 Å². The molecule has 0 N–H and O–H groups in total. The summed E-state index contributed by atoms with van der Waals surface area (Å²) in [6.45, 7) is 3.76. The molecule has 2 aliphatic rings. The molecule has 0 bridgehead atoms. The van der Waals surface area contributed by atoms with Crippen LogP contribution in [0, 0.1) is 11.7 Å². The molecule has 2 aromatic carbocycles. The van der Waals surface area contributed by atoms with Gasteiger partial charge in [0, 0.05) is 43.5 Å². The van der Waals surface area contributed by atoms with Crippen LogP contribution in [0.15, 0.2) is 54.6 Å². The third kappa shape index (κ3) is 5.47. The van der Waals surface area contributed by atoms with E-state index in [2.05, 4.69) is 4.90 Å². The van der Waals surface area contributed by atoms with Crippen LogP contribution in [-0.4, -0.2) is 65.8 Å². The predicted molar refractivity (Wildman–Crippen MR) is 121 cm³/mol. The van der Waals surface area contributed by atoms with Gasteiger partial charge < -0.3 is 9.64 Å². The SMILES string of the molecule is CC(=O)OC1CCN(C(=O)c2ccccc2)CC1N1CCC(C(=O)c2ccc(F)cc2)CC1. The fourth-order valence-electron chi connectivity index (χ4n) is 4.90. The highest BCUT2D eigenvalue weighted by Gasteiger charge is 2.39. The fraction of sp³-hybridized carbons (Fsp3) is 0.423. The summed E-state index contributed by atoms with van der Waals surface area (Å²) in [6, 6.07) is 14.8. The van der Waals surface area contributed by atoms with Crippen molar-refractivity contribution in [2.75, 3.05) is 26.2 Å². The van der Waals surface area contributed by atoms with E-state index in [1.807, 2.05) is 35.2 Å². The van der Waals surface area contributed by atoms with E-state index < -0.39 is 0 Å². The highest BCUT2D eigenvalue weighted by molar-refractivity contribution is 5.98. The maximum atomic E-state index is 13.2. The van der Waals surface area contributed by atoms with Crippen molar-refractivity contribution in [2.24, 2.45) is 5.92 Å². The van der Waals surface area contributed by atoms with Crippen molar-refractivity contribution in [3.05, 3.63) is 71.5 Å². The number of likely N-dealkylation sites (tertiary alicyclic amines) is 2. The van der Waals surface area contributed by atoms with Crippen LogP contribution in [0.25, 0.3) is 0 Å². The van der Waals surface area contributed by atoms with Crippen LogP contribution >= 0.6 is 0 Å². The number of Topliss-reactive ketones (excluding diaryl/α,β-unsaturated/α-hetero) is 1. The van der Waals surface area contributed by atoms with Crippen LogP contribution in [-0.2, 0) is 9.53 Å². The van der Waals surface area contributed by atoms with E-state index >= 15 is 0 Å². The van der Waals surface area contributed by atoms with E-state index in [1.165, 1.54) is 31.2 Å². The van der Waals surface area contributed by atoms with Crippen LogP contribution in [0.2, 0.25) is 0 Å². The lowest BCUT2D eigenvalue weighted by Gasteiger charge is -2.45. The summed E-state index contributed by atoms with van der Waals surface area (Å²) >= 11 is 0. The first kappa shape index (κ1) is 23.1. The molecule has 0 radical (unpaired) electrons. The van der Waals surface area contributed by atoms with Crippen LogP contribution in [0.3, 0.4) is 0 Å². The number of piperidine rings is 2. The molecule has 7 heteroatoms. The maximum absolute atomic E-state index is 13.2. The largest absolute Gasteiger partial charge is 0.461 e. The number of benzene rings is 2. The molecule has 2 atom stereocenters. The first-order valence-electron chi connectivity index (χ1n) is 11.5. The van der Waals surface area contributed by atoms with Gasteiger partial charge in [-0.2, -0.15) is 0 Å². The average Bonchev–Trinajstić information content (AvgIpc) is 2.84. The first-order chi connectivity index (χ1) is 15.9. The van der Waals surface area contributed by atoms with Gasteiger partial charge in [-0.1, -0.05) is 18.2 Å². The van der Waals surface area contributed by atoms with E-state index in [0.717, 1.165) is 0 Å². The Kier molecular flexibility index (Phi) is 7.18. The number of hydrogen-bond acceptors (Lipinski definition) is 5. The second-order valence-electron chi connectivity index (χ2n) is 8.80. The van der Waals surface area contributed by atoms with E-state index in [9.17, 15) is 18.8 Å². The third-order valence-corrected chi connectivity index (χ3v) is 6.64. The Morgan fingerprint density at radius 1 is 0.879 bits per heavy atom. The number of carbonyl (C=O) groups is 3. The zero-order valence-electron chi connectivity index (χ0n) is 18.8. The number of amides is 1. The van der Waals surface area contributed by atoms with Gasteiger partial charge in [0.05, 0.1) is 6.04 Å². The molecule has 174 valence electrons. The number of rotatable bonds is 5. The Morgan fingerprint density at radius 3 is 2.18 bits per heavy atom. The average molecular weight is 453 g/mol. The molecule has 0 spiro atoms. The van der Waals surface area contributed by atoms with Crippen molar-refractivity contribution >= 4 is 17.7 Å². The smallest absolute Gasteiger partial charge is 0.302 e. The molecule has 2 aliphatic heterocycles. The lowest BCUT2D eigenvalue weighted by atomic mass is 9.87. The van der Waals surface area contributed by atoms with Gasteiger partial charge >= 0.3 is 5.97 Å². The predicted octanol–water partition coefficient (Wildman–Crippen LogP) is 3.57. The second kappa shape index (κ2) is 10.3. The lowest BCUT2D eigenvalue weighted by molar-refractivity contribution is -0.153. The van der Waals surface area contributed by atoms with Crippen LogP contribution in [0.5, 0.6) is 0 Å². The molecule has 4 rings (SSSR count). The van der Waals surface area contributed by atoms with E-state index in [4.69, 9.17) is 4.74 Å². The summed E-state index contributed by atoms with van der Waals surface area (Å²) in [6.07, 6.45) is 1.64. The fourth-order valence-corrected chi connectivity index (χ4v) is 4.90. The number of esters is 1. The van der Waals surface area contributed by atoms with Gasteiger partial charge in [-0.05, 0) is 62.3 Å². The normalized spacial score (nSPS) is 22.1. The Labute approximate surface area is 193 Å². The van der Waals surface area contributed by atoms with Crippen molar-refractivity contribution in [3.63, 3.8) is 0 Å². The van der Waals surface area contributed by atoms with Crippen molar-refractivity contribution in [2.45, 2.75) is 38.3 Å². The Bertz CT molecular complexity index is 987. The molecule has 1 amide bonds. The van der Waals surface area contributed by atoms with E-state index in [-0.39, 0.29) is 41.5 Å². The molecule has 2 aromatic rings. The Morgan fingerprint density at radius 2 is 1.55 bits per heavy atom. The number of nitrogens with zero attached hydrogens (tertiary/aromatic N) is 2.